The third kappa shape index (κ3) is 3.52. The van der Waals surface area contributed by atoms with E-state index in [4.69, 9.17) is 9.47 Å². The molecule has 2 aromatic rings. The molecule has 3 atom stereocenters. The third-order valence-electron chi connectivity index (χ3n) is 6.69. The summed E-state index contributed by atoms with van der Waals surface area (Å²) in [7, 11) is 0. The molecule has 2 aliphatic heterocycles. The van der Waals surface area contributed by atoms with Crippen molar-refractivity contribution in [3.05, 3.63) is 81.9 Å². The Morgan fingerprint density at radius 2 is 2.03 bits per heavy atom. The van der Waals surface area contributed by atoms with Crippen LogP contribution in [-0.2, 0) is 15.1 Å². The molecule has 1 unspecified atom stereocenters. The summed E-state index contributed by atoms with van der Waals surface area (Å²) in [6, 6.07) is 15.8. The Hall–Kier alpha value is -2.37. The van der Waals surface area contributed by atoms with Gasteiger partial charge < -0.3 is 14.4 Å². The molecule has 0 radical (unpaired) electrons. The number of carbonyl (C=O) groups excluding carboxylic acids is 1. The molecule has 1 fully saturated rings. The molecule has 5 rings (SSSR count). The van der Waals surface area contributed by atoms with Gasteiger partial charge in [-0.3, -0.25) is 4.79 Å². The average molecular weight is 494 g/mol. The van der Waals surface area contributed by atoms with Crippen molar-refractivity contribution in [3.63, 3.8) is 0 Å². The van der Waals surface area contributed by atoms with Gasteiger partial charge in [0.2, 0.25) is 0 Å². The first-order valence-electron chi connectivity index (χ1n) is 11.3. The van der Waals surface area contributed by atoms with Gasteiger partial charge >= 0.3 is 0 Å². The summed E-state index contributed by atoms with van der Waals surface area (Å²) in [5.74, 6) is 0.924. The maximum atomic E-state index is 14.1. The lowest BCUT2D eigenvalue weighted by Gasteiger charge is -2.44. The van der Waals surface area contributed by atoms with Gasteiger partial charge in [0.15, 0.2) is 5.60 Å². The molecule has 2 heterocycles. The maximum absolute atomic E-state index is 14.1. The van der Waals surface area contributed by atoms with Gasteiger partial charge in [-0.15, -0.1) is 0 Å². The monoisotopic (exact) mass is 493 g/mol. The molecule has 1 aliphatic carbocycles. The fraction of sp³-hybridized carbons (Fsp3) is 0.370. The molecule has 2 aromatic carbocycles. The number of nitrogens with zero attached hydrogens (tertiary/aromatic N) is 1. The van der Waals surface area contributed by atoms with E-state index in [1.54, 1.807) is 0 Å². The Labute approximate surface area is 198 Å². The summed E-state index contributed by atoms with van der Waals surface area (Å²) in [6.07, 6.45) is 6.95. The summed E-state index contributed by atoms with van der Waals surface area (Å²) < 4.78 is 13.8. The highest BCUT2D eigenvalue weighted by atomic mass is 79.9. The van der Waals surface area contributed by atoms with Crippen molar-refractivity contribution in [2.45, 2.75) is 44.8 Å². The highest BCUT2D eigenvalue weighted by Gasteiger charge is 2.61. The number of para-hydroxylation sites is 1. The molecule has 1 spiro atoms. The van der Waals surface area contributed by atoms with E-state index in [1.807, 2.05) is 53.4 Å². The Morgan fingerprint density at radius 3 is 2.81 bits per heavy atom. The van der Waals surface area contributed by atoms with Crippen LogP contribution in [0.1, 0.15) is 38.7 Å². The van der Waals surface area contributed by atoms with Gasteiger partial charge in [-0.2, -0.15) is 0 Å². The van der Waals surface area contributed by atoms with Gasteiger partial charge in [0, 0.05) is 22.5 Å². The van der Waals surface area contributed by atoms with Crippen molar-refractivity contribution in [1.29, 1.82) is 0 Å². The molecule has 1 amide bonds. The second-order valence-electron chi connectivity index (χ2n) is 9.04. The Balaban J connectivity index is 1.54. The van der Waals surface area contributed by atoms with E-state index in [0.717, 1.165) is 40.7 Å². The molecule has 4 nitrogen and oxygen atoms in total. The van der Waals surface area contributed by atoms with E-state index < -0.39 is 5.60 Å². The first kappa shape index (κ1) is 21.5. The maximum Gasteiger partial charge on any atom is 0.264 e. The lowest BCUT2D eigenvalue weighted by Crippen LogP contribution is -2.53. The molecular formula is C27H28BrNO3. The lowest BCUT2D eigenvalue weighted by molar-refractivity contribution is -0.174. The van der Waals surface area contributed by atoms with Crippen molar-refractivity contribution in [1.82, 2.24) is 0 Å². The van der Waals surface area contributed by atoms with Gasteiger partial charge in [0.05, 0.1) is 11.8 Å². The number of halogens is 1. The standard InChI is InChI=1S/C27H28BrNO3/c1-18(2)14-15-29-24-13-7-12-23(28)25(24)27(26(29)30)22-11-6-8-19(22)16-21(32-27)17-31-20-9-4-3-5-10-20/h3-5,7-10,12-14,21-22H,6,11,15-17H2,1-2H3/t21-,22?,27+/m0/s1. The van der Waals surface area contributed by atoms with Crippen LogP contribution in [0.2, 0.25) is 0 Å². The summed E-state index contributed by atoms with van der Waals surface area (Å²) >= 11 is 3.76. The van der Waals surface area contributed by atoms with Crippen molar-refractivity contribution in [2.75, 3.05) is 18.1 Å². The molecule has 0 bridgehead atoms. The molecule has 1 saturated heterocycles. The van der Waals surface area contributed by atoms with Gasteiger partial charge in [-0.05, 0) is 57.4 Å². The van der Waals surface area contributed by atoms with Crippen molar-refractivity contribution < 1.29 is 14.3 Å². The van der Waals surface area contributed by atoms with Crippen LogP contribution in [0, 0.1) is 5.92 Å². The van der Waals surface area contributed by atoms with E-state index >= 15 is 0 Å². The number of ether oxygens (including phenoxy) is 2. The summed E-state index contributed by atoms with van der Waals surface area (Å²) in [6.45, 7) is 5.08. The Bertz CT molecular complexity index is 1090. The van der Waals surface area contributed by atoms with Gasteiger partial charge in [0.1, 0.15) is 12.4 Å². The number of hydrogen-bond acceptors (Lipinski definition) is 3. The van der Waals surface area contributed by atoms with Gasteiger partial charge in [-0.25, -0.2) is 0 Å². The van der Waals surface area contributed by atoms with E-state index in [2.05, 4.69) is 41.9 Å². The van der Waals surface area contributed by atoms with Crippen LogP contribution in [0.5, 0.6) is 5.75 Å². The molecule has 0 N–H and O–H groups in total. The molecule has 0 saturated carbocycles. The normalized spacial score (nSPS) is 26.0. The first-order valence-corrected chi connectivity index (χ1v) is 12.1. The van der Waals surface area contributed by atoms with Crippen LogP contribution >= 0.6 is 15.9 Å². The number of carbonyl (C=O) groups is 1. The van der Waals surface area contributed by atoms with Gasteiger partial charge in [-0.1, -0.05) is 63.5 Å². The topological polar surface area (TPSA) is 38.8 Å². The minimum Gasteiger partial charge on any atom is -0.491 e. The smallest absolute Gasteiger partial charge is 0.264 e. The largest absolute Gasteiger partial charge is 0.491 e. The SMILES string of the molecule is CC(C)=CCN1C(=O)[C@]2(O[C@H](COc3ccccc3)CC3=CCCC32)c2c(Br)cccc21. The van der Waals surface area contributed by atoms with E-state index in [1.165, 1.54) is 11.1 Å². The highest BCUT2D eigenvalue weighted by molar-refractivity contribution is 9.10. The molecule has 3 aliphatic rings. The van der Waals surface area contributed by atoms with Crippen LogP contribution in [0.3, 0.4) is 0 Å². The van der Waals surface area contributed by atoms with Crippen LogP contribution in [0.4, 0.5) is 5.69 Å². The molecule has 0 aromatic heterocycles. The van der Waals surface area contributed by atoms with Crippen LogP contribution in [0.25, 0.3) is 0 Å². The van der Waals surface area contributed by atoms with E-state index in [0.29, 0.717) is 13.2 Å². The minimum atomic E-state index is -1.00. The fourth-order valence-corrected chi connectivity index (χ4v) is 5.96. The zero-order valence-electron chi connectivity index (χ0n) is 18.5. The third-order valence-corrected chi connectivity index (χ3v) is 7.35. The quantitative estimate of drug-likeness (QED) is 0.468. The first-order chi connectivity index (χ1) is 15.5. The van der Waals surface area contributed by atoms with Crippen molar-refractivity contribution in [3.8, 4) is 5.75 Å². The van der Waals surface area contributed by atoms with Crippen LogP contribution in [0.15, 0.2) is 76.3 Å². The number of rotatable bonds is 5. The van der Waals surface area contributed by atoms with Crippen LogP contribution < -0.4 is 9.64 Å². The summed E-state index contributed by atoms with van der Waals surface area (Å²) in [5, 5.41) is 0. The van der Waals surface area contributed by atoms with Gasteiger partial charge in [0.25, 0.3) is 5.91 Å². The minimum absolute atomic E-state index is 0.0408. The highest BCUT2D eigenvalue weighted by Crippen LogP contribution is 2.58. The average Bonchev–Trinajstić information content (AvgIpc) is 3.35. The number of fused-ring (bicyclic) bond motifs is 4. The van der Waals surface area contributed by atoms with Crippen molar-refractivity contribution in [2.24, 2.45) is 5.92 Å². The van der Waals surface area contributed by atoms with E-state index in [-0.39, 0.29) is 17.9 Å². The molecule has 5 heteroatoms. The Morgan fingerprint density at radius 1 is 1.22 bits per heavy atom. The van der Waals surface area contributed by atoms with Crippen LogP contribution in [-0.4, -0.2) is 25.2 Å². The second kappa shape index (κ2) is 8.53. The Kier molecular flexibility index (Phi) is 5.72. The molecule has 32 heavy (non-hydrogen) atoms. The molecular weight excluding hydrogens is 466 g/mol. The number of amides is 1. The number of hydrogen-bond donors (Lipinski definition) is 0. The lowest BCUT2D eigenvalue weighted by atomic mass is 9.74. The zero-order chi connectivity index (χ0) is 22.3. The summed E-state index contributed by atoms with van der Waals surface area (Å²) in [4.78, 5) is 16.0. The fourth-order valence-electron chi connectivity index (χ4n) is 5.31. The second-order valence-corrected chi connectivity index (χ2v) is 9.90. The number of benzene rings is 2. The zero-order valence-corrected chi connectivity index (χ0v) is 20.1. The molecule has 166 valence electrons. The number of allylic oxidation sites excluding steroid dienone is 2. The predicted octanol–water partition coefficient (Wildman–Crippen LogP) is 6.16. The van der Waals surface area contributed by atoms with Crippen molar-refractivity contribution >= 4 is 27.5 Å². The summed E-state index contributed by atoms with van der Waals surface area (Å²) in [5.41, 5.74) is 3.43. The predicted molar refractivity (Wildman–Crippen MR) is 130 cm³/mol. The van der Waals surface area contributed by atoms with E-state index in [9.17, 15) is 4.79 Å². The number of anilines is 1.